The maximum absolute atomic E-state index is 5.98. The lowest BCUT2D eigenvalue weighted by Crippen LogP contribution is -2.33. The Balaban J connectivity index is 1.74. The summed E-state index contributed by atoms with van der Waals surface area (Å²) in [5, 5.41) is 6.15. The lowest BCUT2D eigenvalue weighted by molar-refractivity contribution is 0.167. The first-order valence-electron chi connectivity index (χ1n) is 6.87. The van der Waals surface area contributed by atoms with Gasteiger partial charge in [-0.1, -0.05) is 5.16 Å². The second-order valence-corrected chi connectivity index (χ2v) is 6.93. The third-order valence-electron chi connectivity index (χ3n) is 3.79. The van der Waals surface area contributed by atoms with Gasteiger partial charge in [-0.2, -0.15) is 4.98 Å². The molecule has 1 aliphatic rings. The van der Waals surface area contributed by atoms with Crippen molar-refractivity contribution < 1.29 is 4.52 Å². The molecule has 5 nitrogen and oxygen atoms in total. The van der Waals surface area contributed by atoms with Gasteiger partial charge < -0.3 is 10.3 Å². The van der Waals surface area contributed by atoms with Crippen molar-refractivity contribution in [2.45, 2.75) is 45.3 Å². The molecular formula is C14H20N4OS. The Morgan fingerprint density at radius 3 is 3.05 bits per heavy atom. The van der Waals surface area contributed by atoms with Gasteiger partial charge in [-0.05, 0) is 44.2 Å². The highest BCUT2D eigenvalue weighted by molar-refractivity contribution is 7.10. The fourth-order valence-corrected chi connectivity index (χ4v) is 3.49. The van der Waals surface area contributed by atoms with E-state index in [1.165, 1.54) is 10.4 Å². The fourth-order valence-electron chi connectivity index (χ4n) is 2.53. The molecule has 0 bridgehead atoms. The summed E-state index contributed by atoms with van der Waals surface area (Å²) in [6.45, 7) is 7.69. The lowest BCUT2D eigenvalue weighted by atomic mass is 10.0. The van der Waals surface area contributed by atoms with Crippen molar-refractivity contribution >= 4 is 11.3 Å². The average Bonchev–Trinajstić information content (AvgIpc) is 3.01. The van der Waals surface area contributed by atoms with Crippen molar-refractivity contribution in [2.24, 2.45) is 5.73 Å². The first kappa shape index (κ1) is 13.7. The topological polar surface area (TPSA) is 68.2 Å². The predicted octanol–water partition coefficient (Wildman–Crippen LogP) is 2.44. The summed E-state index contributed by atoms with van der Waals surface area (Å²) in [6.07, 6.45) is 1.10. The third-order valence-corrected chi connectivity index (χ3v) is 4.78. The van der Waals surface area contributed by atoms with Gasteiger partial charge in [0.1, 0.15) is 0 Å². The van der Waals surface area contributed by atoms with Crippen LogP contribution in [0.5, 0.6) is 0 Å². The van der Waals surface area contributed by atoms with E-state index in [9.17, 15) is 0 Å². The number of hydrogen-bond donors (Lipinski definition) is 1. The summed E-state index contributed by atoms with van der Waals surface area (Å²) in [5.41, 5.74) is 6.85. The van der Waals surface area contributed by atoms with E-state index in [-0.39, 0.29) is 0 Å². The monoisotopic (exact) mass is 292 g/mol. The summed E-state index contributed by atoms with van der Waals surface area (Å²) in [6, 6.07) is 2.62. The molecule has 0 radical (unpaired) electrons. The molecule has 0 spiro atoms. The van der Waals surface area contributed by atoms with Crippen LogP contribution in [0.1, 0.15) is 49.0 Å². The second-order valence-electron chi connectivity index (χ2n) is 5.93. The number of nitrogens with zero attached hydrogens (tertiary/aromatic N) is 3. The van der Waals surface area contributed by atoms with Crippen LogP contribution in [-0.2, 0) is 18.5 Å². The van der Waals surface area contributed by atoms with Gasteiger partial charge in [0.2, 0.25) is 5.89 Å². The predicted molar refractivity (Wildman–Crippen MR) is 78.4 cm³/mol. The highest BCUT2D eigenvalue weighted by Gasteiger charge is 2.27. The van der Waals surface area contributed by atoms with Crippen LogP contribution in [0.3, 0.4) is 0 Å². The van der Waals surface area contributed by atoms with Gasteiger partial charge in [0, 0.05) is 17.5 Å². The molecule has 3 heterocycles. The summed E-state index contributed by atoms with van der Waals surface area (Å²) >= 11 is 1.85. The van der Waals surface area contributed by atoms with Crippen LogP contribution < -0.4 is 5.73 Å². The van der Waals surface area contributed by atoms with E-state index in [1.807, 2.05) is 25.2 Å². The van der Waals surface area contributed by atoms with Crippen LogP contribution in [0.2, 0.25) is 0 Å². The lowest BCUT2D eigenvalue weighted by Gasteiger charge is -2.32. The molecule has 108 valence electrons. The molecule has 1 unspecified atom stereocenters. The van der Waals surface area contributed by atoms with Crippen LogP contribution in [0.15, 0.2) is 16.0 Å². The highest BCUT2D eigenvalue weighted by Crippen LogP contribution is 2.33. The molecule has 1 atom stereocenters. The Morgan fingerprint density at radius 2 is 2.35 bits per heavy atom. The molecule has 20 heavy (non-hydrogen) atoms. The fraction of sp³-hybridized carbons (Fsp3) is 0.571. The minimum atomic E-state index is -0.560. The molecule has 0 fully saturated rings. The van der Waals surface area contributed by atoms with Gasteiger partial charge in [0.15, 0.2) is 5.82 Å². The molecule has 0 saturated carbocycles. The number of rotatable bonds is 3. The van der Waals surface area contributed by atoms with Crippen LogP contribution in [0.4, 0.5) is 0 Å². The van der Waals surface area contributed by atoms with E-state index in [4.69, 9.17) is 10.3 Å². The van der Waals surface area contributed by atoms with Gasteiger partial charge in [-0.15, -0.1) is 11.3 Å². The zero-order valence-electron chi connectivity index (χ0n) is 12.1. The number of thiophene rings is 1. The minimum Gasteiger partial charge on any atom is -0.338 e. The van der Waals surface area contributed by atoms with Crippen molar-refractivity contribution in [3.8, 4) is 0 Å². The van der Waals surface area contributed by atoms with Gasteiger partial charge in [0.05, 0.1) is 12.1 Å². The molecule has 3 rings (SSSR count). The van der Waals surface area contributed by atoms with Crippen molar-refractivity contribution in [1.82, 2.24) is 15.0 Å². The first-order chi connectivity index (χ1) is 9.45. The van der Waals surface area contributed by atoms with Crippen LogP contribution >= 0.6 is 11.3 Å². The van der Waals surface area contributed by atoms with E-state index >= 15 is 0 Å². The van der Waals surface area contributed by atoms with Gasteiger partial charge in [0.25, 0.3) is 0 Å². The largest absolute Gasteiger partial charge is 0.338 e. The molecule has 0 saturated heterocycles. The van der Waals surface area contributed by atoms with Crippen LogP contribution in [0, 0.1) is 0 Å². The summed E-state index contributed by atoms with van der Waals surface area (Å²) in [5.74, 6) is 1.21. The molecule has 1 aliphatic heterocycles. The van der Waals surface area contributed by atoms with Crippen molar-refractivity contribution in [3.05, 3.63) is 33.6 Å². The Hall–Kier alpha value is -1.24. The number of hydrogen-bond acceptors (Lipinski definition) is 6. The summed E-state index contributed by atoms with van der Waals surface area (Å²) in [7, 11) is 0. The molecule has 0 aliphatic carbocycles. The zero-order valence-corrected chi connectivity index (χ0v) is 12.9. The van der Waals surface area contributed by atoms with Crippen LogP contribution in [0.25, 0.3) is 0 Å². The Labute approximate surface area is 122 Å². The maximum atomic E-state index is 5.98. The Bertz CT molecular complexity index is 598. The molecule has 0 amide bonds. The standard InChI is InChI=1S/C14H20N4OS/c1-9-10-5-7-20-11(10)4-6-18(9)8-12-16-13(17-19-12)14(2,3)15/h5,7,9H,4,6,8,15H2,1-3H3. The quantitative estimate of drug-likeness (QED) is 0.941. The van der Waals surface area contributed by atoms with E-state index in [2.05, 4.69) is 33.4 Å². The van der Waals surface area contributed by atoms with Gasteiger partial charge in [-0.3, -0.25) is 4.90 Å². The normalized spacial score (nSPS) is 20.1. The summed E-state index contributed by atoms with van der Waals surface area (Å²) < 4.78 is 5.33. The van der Waals surface area contributed by atoms with Crippen molar-refractivity contribution in [1.29, 1.82) is 0 Å². The van der Waals surface area contributed by atoms with E-state index in [1.54, 1.807) is 0 Å². The summed E-state index contributed by atoms with van der Waals surface area (Å²) in [4.78, 5) is 8.29. The number of aromatic nitrogens is 2. The zero-order chi connectivity index (χ0) is 14.3. The molecule has 2 aromatic rings. The van der Waals surface area contributed by atoms with Crippen molar-refractivity contribution in [3.63, 3.8) is 0 Å². The van der Waals surface area contributed by atoms with Crippen LogP contribution in [-0.4, -0.2) is 21.6 Å². The molecule has 6 heteroatoms. The SMILES string of the molecule is CC1c2ccsc2CCN1Cc1nc(C(C)(C)N)no1. The van der Waals surface area contributed by atoms with E-state index in [0.29, 0.717) is 24.3 Å². The van der Waals surface area contributed by atoms with Gasteiger partial charge >= 0.3 is 0 Å². The number of fused-ring (bicyclic) bond motifs is 1. The Morgan fingerprint density at radius 1 is 1.55 bits per heavy atom. The van der Waals surface area contributed by atoms with E-state index in [0.717, 1.165) is 13.0 Å². The molecule has 0 aromatic carbocycles. The van der Waals surface area contributed by atoms with Gasteiger partial charge in [-0.25, -0.2) is 0 Å². The molecule has 2 aromatic heterocycles. The van der Waals surface area contributed by atoms with E-state index < -0.39 is 5.54 Å². The third kappa shape index (κ3) is 2.51. The smallest absolute Gasteiger partial charge is 0.240 e. The average molecular weight is 292 g/mol. The highest BCUT2D eigenvalue weighted by atomic mass is 32.1. The Kier molecular flexibility index (Phi) is 3.40. The first-order valence-corrected chi connectivity index (χ1v) is 7.75. The second kappa shape index (κ2) is 4.95. The maximum Gasteiger partial charge on any atom is 0.240 e. The molecule has 2 N–H and O–H groups in total. The van der Waals surface area contributed by atoms with Crippen molar-refractivity contribution in [2.75, 3.05) is 6.54 Å². The number of nitrogens with two attached hydrogens (primary N) is 1. The minimum absolute atomic E-state index is 0.395. The molecular weight excluding hydrogens is 272 g/mol.